The third-order valence-corrected chi connectivity index (χ3v) is 10.2. The van der Waals surface area contributed by atoms with Crippen LogP contribution in [0.4, 0.5) is 0 Å². The monoisotopic (exact) mass is 492 g/mol. The van der Waals surface area contributed by atoms with Gasteiger partial charge >= 0.3 is 11.9 Å². The lowest BCUT2D eigenvalue weighted by molar-refractivity contribution is -0.202. The molecule has 0 saturated heterocycles. The highest BCUT2D eigenvalue weighted by Gasteiger charge is 2.76. The Labute approximate surface area is 204 Å². The number of ether oxygens (including phenoxy) is 2. The lowest BCUT2D eigenvalue weighted by Crippen LogP contribution is -2.69. The van der Waals surface area contributed by atoms with Crippen molar-refractivity contribution in [1.82, 2.24) is 0 Å². The van der Waals surface area contributed by atoms with Gasteiger partial charge in [0.15, 0.2) is 18.0 Å². The molecule has 0 aromatic carbocycles. The van der Waals surface area contributed by atoms with Crippen LogP contribution in [0.15, 0.2) is 23.8 Å². The fourth-order valence-electron chi connectivity index (χ4n) is 7.90. The number of alkyl halides is 1. The zero-order valence-electron chi connectivity index (χ0n) is 20.4. The third-order valence-electron chi connectivity index (χ3n) is 9.31. The first kappa shape index (κ1) is 25.1. The number of esters is 2. The van der Waals surface area contributed by atoms with Crippen LogP contribution in [0, 0.1) is 28.6 Å². The summed E-state index contributed by atoms with van der Waals surface area (Å²) in [4.78, 5) is 48.3. The molecule has 8 atom stereocenters. The Bertz CT molecular complexity index is 1020. The summed E-state index contributed by atoms with van der Waals surface area (Å²) < 4.78 is 10.9. The second-order valence-corrected chi connectivity index (χ2v) is 11.6. The number of Topliss-reactive ketones (excluding diaryl/α,β-unsaturated/α-hetero) is 1. The summed E-state index contributed by atoms with van der Waals surface area (Å²) in [7, 11) is 0. The molecule has 3 fully saturated rings. The molecule has 0 aromatic heterocycles. The molecule has 0 amide bonds. The van der Waals surface area contributed by atoms with Crippen LogP contribution < -0.4 is 0 Å². The number of hydrogen-bond donors (Lipinski definition) is 1. The van der Waals surface area contributed by atoms with Gasteiger partial charge in [0.25, 0.3) is 0 Å². The average Bonchev–Trinajstić information content (AvgIpc) is 2.95. The molecule has 34 heavy (non-hydrogen) atoms. The second kappa shape index (κ2) is 8.02. The fraction of sp³-hybridized carbons (Fsp3) is 0.692. The van der Waals surface area contributed by atoms with Crippen molar-refractivity contribution in [3.63, 3.8) is 0 Å². The molecule has 0 radical (unpaired) electrons. The molecule has 1 N–H and O–H groups in total. The van der Waals surface area contributed by atoms with Gasteiger partial charge in [-0.15, -0.1) is 11.6 Å². The number of rotatable bonds is 4. The molecule has 4 aliphatic rings. The standard InChI is InChI=1S/C26H33ClO7/c1-14-10-20-19-7-6-17-11-18(30)8-9-23(17,4)25(19,27)21(31)12-24(20,5)26(14,34-16(3)29)22(32)13-33-15(2)28/h8-9,11,14,19-21,31H,6-7,10,12-13H2,1-5H3/t14-,19-,20-,21-,23-,24-,25-,26-/m0/s1. The van der Waals surface area contributed by atoms with E-state index < -0.39 is 51.7 Å². The average molecular weight is 493 g/mol. The summed E-state index contributed by atoms with van der Waals surface area (Å²) >= 11 is 7.43. The highest BCUT2D eigenvalue weighted by Crippen LogP contribution is 2.72. The molecular weight excluding hydrogens is 460 g/mol. The Morgan fingerprint density at radius 3 is 2.47 bits per heavy atom. The minimum Gasteiger partial charge on any atom is -0.458 e. The van der Waals surface area contributed by atoms with E-state index in [4.69, 9.17) is 21.1 Å². The van der Waals surface area contributed by atoms with Crippen molar-refractivity contribution in [2.24, 2.45) is 28.6 Å². The lowest BCUT2D eigenvalue weighted by atomic mass is 9.45. The first-order chi connectivity index (χ1) is 15.7. The molecular formula is C26H33ClO7. The van der Waals surface area contributed by atoms with Gasteiger partial charge in [-0.1, -0.05) is 32.4 Å². The van der Waals surface area contributed by atoms with Gasteiger partial charge < -0.3 is 14.6 Å². The fourth-order valence-corrected chi connectivity index (χ4v) is 8.42. The zero-order valence-corrected chi connectivity index (χ0v) is 21.1. The maximum Gasteiger partial charge on any atom is 0.303 e. The predicted octanol–water partition coefficient (Wildman–Crippen LogP) is 3.31. The minimum absolute atomic E-state index is 0.0826. The van der Waals surface area contributed by atoms with E-state index >= 15 is 0 Å². The maximum absolute atomic E-state index is 13.6. The first-order valence-electron chi connectivity index (χ1n) is 11.9. The van der Waals surface area contributed by atoms with E-state index in [-0.39, 0.29) is 30.0 Å². The number of fused-ring (bicyclic) bond motifs is 5. The van der Waals surface area contributed by atoms with Gasteiger partial charge in [0.1, 0.15) is 0 Å². The minimum atomic E-state index is -1.55. The van der Waals surface area contributed by atoms with Crippen molar-refractivity contribution < 1.29 is 33.8 Å². The SMILES string of the molecule is CC(=O)OCC(=O)[C@@]1(OC(C)=O)[C@@H](C)C[C@H]2[C@@H]3CCC4=CC(=O)C=C[C@]4(C)[C@@]3(Cl)[C@@H](O)C[C@@]21C. The molecule has 8 heteroatoms. The number of carbonyl (C=O) groups excluding carboxylic acids is 4. The Kier molecular flexibility index (Phi) is 5.92. The number of aliphatic hydroxyl groups excluding tert-OH is 1. The van der Waals surface area contributed by atoms with Gasteiger partial charge in [-0.2, -0.15) is 0 Å². The van der Waals surface area contributed by atoms with Crippen molar-refractivity contribution in [3.8, 4) is 0 Å². The van der Waals surface area contributed by atoms with Gasteiger partial charge in [0.05, 0.1) is 11.0 Å². The summed E-state index contributed by atoms with van der Waals surface area (Å²) in [6.07, 6.45) is 5.92. The Morgan fingerprint density at radius 1 is 1.18 bits per heavy atom. The second-order valence-electron chi connectivity index (χ2n) is 10.9. The van der Waals surface area contributed by atoms with Crippen LogP contribution in [0.3, 0.4) is 0 Å². The molecule has 0 bridgehead atoms. The van der Waals surface area contributed by atoms with Crippen LogP contribution in [-0.2, 0) is 28.7 Å². The number of allylic oxidation sites excluding steroid dienone is 4. The molecule has 0 spiro atoms. The normalized spacial score (nSPS) is 44.9. The molecule has 0 unspecified atom stereocenters. The van der Waals surface area contributed by atoms with Gasteiger partial charge in [0.2, 0.25) is 5.78 Å². The Hall–Kier alpha value is -1.99. The molecule has 4 aliphatic carbocycles. The molecule has 4 rings (SSSR count). The van der Waals surface area contributed by atoms with Crippen molar-refractivity contribution in [3.05, 3.63) is 23.8 Å². The highest BCUT2D eigenvalue weighted by atomic mass is 35.5. The third kappa shape index (κ3) is 3.12. The lowest BCUT2D eigenvalue weighted by Gasteiger charge is -2.64. The number of carbonyl (C=O) groups is 4. The molecule has 0 aromatic rings. The van der Waals surface area contributed by atoms with E-state index in [2.05, 4.69) is 0 Å². The summed E-state index contributed by atoms with van der Waals surface area (Å²) in [5.41, 5.74) is -2.27. The molecule has 3 saturated carbocycles. The predicted molar refractivity (Wildman–Crippen MR) is 124 cm³/mol. The van der Waals surface area contributed by atoms with Crippen LogP contribution in [0.2, 0.25) is 0 Å². The highest BCUT2D eigenvalue weighted by molar-refractivity contribution is 6.26. The van der Waals surface area contributed by atoms with Gasteiger partial charge in [0, 0.05) is 30.6 Å². The smallest absolute Gasteiger partial charge is 0.303 e. The van der Waals surface area contributed by atoms with Crippen LogP contribution in [0.25, 0.3) is 0 Å². The van der Waals surface area contributed by atoms with Gasteiger partial charge in [-0.05, 0) is 49.7 Å². The zero-order chi connectivity index (χ0) is 25.3. The van der Waals surface area contributed by atoms with Crippen molar-refractivity contribution >= 4 is 35.1 Å². The quantitative estimate of drug-likeness (QED) is 0.474. The van der Waals surface area contributed by atoms with Crippen LogP contribution >= 0.6 is 11.6 Å². The van der Waals surface area contributed by atoms with Gasteiger partial charge in [-0.25, -0.2) is 0 Å². The molecule has 0 heterocycles. The van der Waals surface area contributed by atoms with E-state index in [1.165, 1.54) is 19.9 Å². The summed E-state index contributed by atoms with van der Waals surface area (Å²) in [5, 5.41) is 11.7. The summed E-state index contributed by atoms with van der Waals surface area (Å²) in [6, 6.07) is 0. The number of halogens is 1. The number of hydrogen-bond acceptors (Lipinski definition) is 7. The van der Waals surface area contributed by atoms with E-state index in [9.17, 15) is 24.3 Å². The Balaban J connectivity index is 1.82. The number of aliphatic hydroxyl groups is 1. The van der Waals surface area contributed by atoms with Crippen LogP contribution in [0.5, 0.6) is 0 Å². The van der Waals surface area contributed by atoms with Gasteiger partial charge in [-0.3, -0.25) is 19.2 Å². The molecule has 0 aliphatic heterocycles. The van der Waals surface area contributed by atoms with Crippen molar-refractivity contribution in [2.45, 2.75) is 76.9 Å². The summed E-state index contributed by atoms with van der Waals surface area (Å²) in [6.45, 7) is 7.71. The first-order valence-corrected chi connectivity index (χ1v) is 12.3. The molecule has 186 valence electrons. The van der Waals surface area contributed by atoms with E-state index in [0.717, 1.165) is 5.57 Å². The number of ketones is 2. The van der Waals surface area contributed by atoms with E-state index in [1.54, 1.807) is 6.08 Å². The van der Waals surface area contributed by atoms with E-state index in [1.807, 2.05) is 26.8 Å². The van der Waals surface area contributed by atoms with Crippen LogP contribution in [-0.4, -0.2) is 51.8 Å². The van der Waals surface area contributed by atoms with E-state index in [0.29, 0.717) is 19.3 Å². The largest absolute Gasteiger partial charge is 0.458 e. The van der Waals surface area contributed by atoms with Crippen molar-refractivity contribution in [1.29, 1.82) is 0 Å². The van der Waals surface area contributed by atoms with Crippen LogP contribution in [0.1, 0.15) is 60.3 Å². The molecule has 7 nitrogen and oxygen atoms in total. The summed E-state index contributed by atoms with van der Waals surface area (Å²) in [5.74, 6) is -2.44. The van der Waals surface area contributed by atoms with Crippen molar-refractivity contribution in [2.75, 3.05) is 6.61 Å². The Morgan fingerprint density at radius 2 is 1.85 bits per heavy atom. The maximum atomic E-state index is 13.6. The topological polar surface area (TPSA) is 107 Å².